The van der Waals surface area contributed by atoms with Gasteiger partial charge in [-0.3, -0.25) is 19.1 Å². The van der Waals surface area contributed by atoms with E-state index >= 15 is 0 Å². The minimum absolute atomic E-state index is 0.0106. The van der Waals surface area contributed by atoms with Crippen molar-refractivity contribution in [3.63, 3.8) is 0 Å². The van der Waals surface area contributed by atoms with E-state index in [0.717, 1.165) is 17.7 Å². The lowest BCUT2D eigenvalue weighted by Gasteiger charge is -2.23. The second-order valence-corrected chi connectivity index (χ2v) is 7.76. The fourth-order valence-corrected chi connectivity index (χ4v) is 3.82. The van der Waals surface area contributed by atoms with E-state index in [4.69, 9.17) is 10.2 Å². The normalized spacial score (nSPS) is 11.0. The van der Waals surface area contributed by atoms with Gasteiger partial charge in [-0.1, -0.05) is 19.4 Å². The third-order valence-electron chi connectivity index (χ3n) is 4.78. The summed E-state index contributed by atoms with van der Waals surface area (Å²) in [7, 11) is 0. The average Bonchev–Trinajstić information content (AvgIpc) is 3.35. The zero-order valence-electron chi connectivity index (χ0n) is 17.2. The Morgan fingerprint density at radius 3 is 2.77 bits per heavy atom. The summed E-state index contributed by atoms with van der Waals surface area (Å²) in [5.41, 5.74) is 5.37. The Balaban J connectivity index is 1.92. The number of nitrogens with one attached hydrogen (secondary N) is 1. The quantitative estimate of drug-likeness (QED) is 0.564. The van der Waals surface area contributed by atoms with Crippen LogP contribution in [0.3, 0.4) is 0 Å². The van der Waals surface area contributed by atoms with Gasteiger partial charge in [0.1, 0.15) is 11.6 Å². The van der Waals surface area contributed by atoms with Crippen molar-refractivity contribution in [3.05, 3.63) is 49.8 Å². The van der Waals surface area contributed by atoms with Crippen LogP contribution in [0.15, 0.2) is 31.5 Å². The Labute approximate surface area is 177 Å². The molecule has 3 N–H and O–H groups in total. The predicted octanol–water partition coefficient (Wildman–Crippen LogP) is 2.54. The fraction of sp³-hybridized carbons (Fsp3) is 0.400. The third kappa shape index (κ3) is 4.23. The van der Waals surface area contributed by atoms with Crippen molar-refractivity contribution in [2.45, 2.75) is 46.6 Å². The number of aryl methyl sites for hydroxylation is 1. The van der Waals surface area contributed by atoms with Gasteiger partial charge in [-0.15, -0.1) is 11.3 Å². The van der Waals surface area contributed by atoms with Crippen LogP contribution < -0.4 is 21.9 Å². The molecule has 3 aromatic heterocycles. The molecule has 1 amide bonds. The summed E-state index contributed by atoms with van der Waals surface area (Å²) < 4.78 is 6.99. The molecule has 0 bridgehead atoms. The van der Waals surface area contributed by atoms with Crippen molar-refractivity contribution >= 4 is 28.7 Å². The standard InChI is InChI=1S/C20H25N5O4S/c1-4-6-9-25-17(21)16(18(27)23-20(25)28)24(5-2)15(26)11-13-12(3)29-19(22-13)14-8-7-10-30-14/h7-8,10H,4-6,9,11,21H2,1-3H3,(H,23,27,28). The second kappa shape index (κ2) is 9.12. The first kappa shape index (κ1) is 21.6. The molecule has 9 nitrogen and oxygen atoms in total. The number of hydrogen-bond acceptors (Lipinski definition) is 7. The molecular weight excluding hydrogens is 406 g/mol. The molecule has 0 aliphatic rings. The van der Waals surface area contributed by atoms with Crippen LogP contribution in [0.5, 0.6) is 0 Å². The highest BCUT2D eigenvalue weighted by atomic mass is 32.1. The molecule has 30 heavy (non-hydrogen) atoms. The smallest absolute Gasteiger partial charge is 0.330 e. The van der Waals surface area contributed by atoms with E-state index in [1.807, 2.05) is 24.4 Å². The molecule has 0 aliphatic carbocycles. The van der Waals surface area contributed by atoms with Crippen LogP contribution in [0, 0.1) is 6.92 Å². The summed E-state index contributed by atoms with van der Waals surface area (Å²) >= 11 is 1.49. The van der Waals surface area contributed by atoms with Gasteiger partial charge in [0, 0.05) is 13.1 Å². The lowest BCUT2D eigenvalue weighted by Crippen LogP contribution is -2.41. The van der Waals surface area contributed by atoms with E-state index < -0.39 is 11.2 Å². The van der Waals surface area contributed by atoms with Gasteiger partial charge < -0.3 is 15.1 Å². The topological polar surface area (TPSA) is 127 Å². The lowest BCUT2D eigenvalue weighted by atomic mass is 10.2. The molecule has 0 spiro atoms. The molecule has 10 heteroatoms. The Morgan fingerprint density at radius 1 is 1.37 bits per heavy atom. The number of anilines is 2. The minimum Gasteiger partial charge on any atom is -0.440 e. The van der Waals surface area contributed by atoms with Crippen LogP contribution in [-0.4, -0.2) is 27.0 Å². The maximum atomic E-state index is 13.1. The van der Waals surface area contributed by atoms with Crippen LogP contribution in [0.2, 0.25) is 0 Å². The van der Waals surface area contributed by atoms with Gasteiger partial charge in [-0.25, -0.2) is 9.78 Å². The second-order valence-electron chi connectivity index (χ2n) is 6.81. The van der Waals surface area contributed by atoms with Crippen LogP contribution in [0.4, 0.5) is 11.5 Å². The van der Waals surface area contributed by atoms with E-state index in [0.29, 0.717) is 23.9 Å². The molecule has 0 unspecified atom stereocenters. The number of amides is 1. The molecule has 0 aromatic carbocycles. The molecule has 3 rings (SSSR count). The molecule has 0 saturated heterocycles. The summed E-state index contributed by atoms with van der Waals surface area (Å²) in [6, 6.07) is 3.78. The van der Waals surface area contributed by atoms with Gasteiger partial charge in [0.2, 0.25) is 11.8 Å². The number of unbranched alkanes of at least 4 members (excludes halogenated alkanes) is 1. The summed E-state index contributed by atoms with van der Waals surface area (Å²) in [6.45, 7) is 6.05. The monoisotopic (exact) mass is 431 g/mol. The van der Waals surface area contributed by atoms with Crippen LogP contribution >= 0.6 is 11.3 Å². The third-order valence-corrected chi connectivity index (χ3v) is 5.64. The van der Waals surface area contributed by atoms with E-state index in [1.54, 1.807) is 13.8 Å². The predicted molar refractivity (Wildman–Crippen MR) is 117 cm³/mol. The van der Waals surface area contributed by atoms with Gasteiger partial charge in [0.25, 0.3) is 5.56 Å². The zero-order chi connectivity index (χ0) is 21.8. The maximum absolute atomic E-state index is 13.1. The van der Waals surface area contributed by atoms with E-state index in [2.05, 4.69) is 9.97 Å². The molecule has 0 atom stereocenters. The highest BCUT2D eigenvalue weighted by Crippen LogP contribution is 2.26. The molecule has 0 aliphatic heterocycles. The van der Waals surface area contributed by atoms with Gasteiger partial charge in [-0.05, 0) is 31.7 Å². The Kier molecular flexibility index (Phi) is 6.56. The van der Waals surface area contributed by atoms with Crippen LogP contribution in [-0.2, 0) is 17.8 Å². The first-order chi connectivity index (χ1) is 14.4. The molecule has 3 aromatic rings. The molecule has 0 saturated carbocycles. The Bertz CT molecular complexity index is 1140. The first-order valence-electron chi connectivity index (χ1n) is 9.80. The molecule has 0 fully saturated rings. The van der Waals surface area contributed by atoms with Gasteiger partial charge in [-0.2, -0.15) is 0 Å². The lowest BCUT2D eigenvalue weighted by molar-refractivity contribution is -0.118. The Morgan fingerprint density at radius 2 is 2.13 bits per heavy atom. The zero-order valence-corrected chi connectivity index (χ0v) is 18.0. The first-order valence-corrected chi connectivity index (χ1v) is 10.7. The van der Waals surface area contributed by atoms with Crippen molar-refractivity contribution < 1.29 is 9.21 Å². The number of aromatic nitrogens is 3. The Hall–Kier alpha value is -3.14. The van der Waals surface area contributed by atoms with Gasteiger partial charge in [0.05, 0.1) is 17.0 Å². The van der Waals surface area contributed by atoms with Crippen molar-refractivity contribution in [1.29, 1.82) is 0 Å². The molecule has 0 radical (unpaired) electrons. The van der Waals surface area contributed by atoms with Crippen molar-refractivity contribution in [1.82, 2.24) is 14.5 Å². The number of rotatable bonds is 8. The summed E-state index contributed by atoms with van der Waals surface area (Å²) in [4.78, 5) is 46.6. The average molecular weight is 432 g/mol. The number of aromatic amines is 1. The molecule has 3 heterocycles. The molecule has 160 valence electrons. The number of carbonyl (C=O) groups excluding carboxylic acids is 1. The minimum atomic E-state index is -0.684. The van der Waals surface area contributed by atoms with E-state index in [9.17, 15) is 14.4 Å². The molecular formula is C20H25N5O4S. The van der Waals surface area contributed by atoms with Crippen LogP contribution in [0.1, 0.15) is 38.1 Å². The number of nitrogens with zero attached hydrogens (tertiary/aromatic N) is 3. The van der Waals surface area contributed by atoms with Crippen molar-refractivity contribution in [2.24, 2.45) is 0 Å². The number of nitrogens with two attached hydrogens (primary N) is 1. The summed E-state index contributed by atoms with van der Waals surface area (Å²) in [6.07, 6.45) is 1.52. The number of nitrogen functional groups attached to an aromatic ring is 1. The van der Waals surface area contributed by atoms with Gasteiger partial charge >= 0.3 is 5.69 Å². The highest BCUT2D eigenvalue weighted by Gasteiger charge is 2.25. The SMILES string of the molecule is CCCCn1c(N)c(N(CC)C(=O)Cc2nc(-c3cccs3)oc2C)c(=O)[nH]c1=O. The van der Waals surface area contributed by atoms with Crippen LogP contribution in [0.25, 0.3) is 10.8 Å². The maximum Gasteiger partial charge on any atom is 0.330 e. The largest absolute Gasteiger partial charge is 0.440 e. The number of H-pyrrole nitrogens is 1. The highest BCUT2D eigenvalue weighted by molar-refractivity contribution is 7.13. The number of hydrogen-bond donors (Lipinski definition) is 2. The number of likely N-dealkylation sites (N-methyl/N-ethyl adjacent to an activating group) is 1. The van der Waals surface area contributed by atoms with E-state index in [1.165, 1.54) is 20.8 Å². The summed E-state index contributed by atoms with van der Waals surface area (Å²) in [5.74, 6) is 0.629. The number of oxazole rings is 1. The van der Waals surface area contributed by atoms with Crippen molar-refractivity contribution in [3.8, 4) is 10.8 Å². The summed E-state index contributed by atoms with van der Waals surface area (Å²) in [5, 5.41) is 1.92. The van der Waals surface area contributed by atoms with Crippen molar-refractivity contribution in [2.75, 3.05) is 17.2 Å². The van der Waals surface area contributed by atoms with Gasteiger partial charge in [0.15, 0.2) is 5.69 Å². The number of thiophene rings is 1. The van der Waals surface area contributed by atoms with E-state index in [-0.39, 0.29) is 30.4 Å². The fourth-order valence-electron chi connectivity index (χ4n) is 3.17. The number of carbonyl (C=O) groups is 1.